The number of hydrogen-bond acceptors (Lipinski definition) is 2. The number of aromatic nitrogens is 2. The minimum absolute atomic E-state index is 0.289. The van der Waals surface area contributed by atoms with Crippen LogP contribution >= 0.6 is 12.2 Å². The van der Waals surface area contributed by atoms with Crippen LogP contribution in [0.3, 0.4) is 0 Å². The molecular formula is C11H16N2S. The summed E-state index contributed by atoms with van der Waals surface area (Å²) in [6.45, 7) is 4.42. The van der Waals surface area contributed by atoms with E-state index in [0.717, 1.165) is 23.3 Å². The minimum Gasteiger partial charge on any atom is -0.347 e. The summed E-state index contributed by atoms with van der Waals surface area (Å²) in [5.41, 5.74) is 1.52. The number of nitrogens with zero attached hydrogens (tertiary/aromatic N) is 1. The predicted molar refractivity (Wildman–Crippen MR) is 60.0 cm³/mol. The van der Waals surface area contributed by atoms with Gasteiger partial charge in [0, 0.05) is 11.1 Å². The standard InChI is InChI=1S/C11H16N2S/c1-3-4-8-7-9(14)13-10(12-8)11(2)5-6-11/h7H,3-6H2,1-2H3,(H,12,13,14). The van der Waals surface area contributed by atoms with Crippen LogP contribution in [0.2, 0.25) is 0 Å². The second-order valence-corrected chi connectivity index (χ2v) is 4.82. The molecule has 1 aliphatic rings. The largest absolute Gasteiger partial charge is 0.347 e. The topological polar surface area (TPSA) is 28.7 Å². The van der Waals surface area contributed by atoms with Crippen molar-refractivity contribution in [3.8, 4) is 0 Å². The lowest BCUT2D eigenvalue weighted by Crippen LogP contribution is -2.08. The zero-order valence-corrected chi connectivity index (χ0v) is 9.58. The first kappa shape index (κ1) is 9.84. The van der Waals surface area contributed by atoms with Crippen LogP contribution in [0, 0.1) is 4.64 Å². The van der Waals surface area contributed by atoms with E-state index in [1.54, 1.807) is 0 Å². The van der Waals surface area contributed by atoms with Gasteiger partial charge < -0.3 is 4.98 Å². The van der Waals surface area contributed by atoms with Crippen molar-refractivity contribution in [1.29, 1.82) is 0 Å². The van der Waals surface area contributed by atoms with Gasteiger partial charge in [0.2, 0.25) is 0 Å². The minimum atomic E-state index is 0.289. The molecule has 0 unspecified atom stereocenters. The molecule has 1 aromatic rings. The highest BCUT2D eigenvalue weighted by Crippen LogP contribution is 2.45. The lowest BCUT2D eigenvalue weighted by molar-refractivity contribution is 0.690. The van der Waals surface area contributed by atoms with Gasteiger partial charge in [0.1, 0.15) is 10.5 Å². The van der Waals surface area contributed by atoms with E-state index in [9.17, 15) is 0 Å². The molecule has 0 saturated heterocycles. The van der Waals surface area contributed by atoms with Crippen LogP contribution < -0.4 is 0 Å². The molecule has 1 aliphatic carbocycles. The first-order valence-corrected chi connectivity index (χ1v) is 5.65. The van der Waals surface area contributed by atoms with Crippen LogP contribution in [-0.4, -0.2) is 9.97 Å². The third-order valence-corrected chi connectivity index (χ3v) is 3.10. The molecule has 1 saturated carbocycles. The average Bonchev–Trinajstić information content (AvgIpc) is 2.85. The van der Waals surface area contributed by atoms with E-state index in [-0.39, 0.29) is 5.41 Å². The van der Waals surface area contributed by atoms with Crippen molar-refractivity contribution in [2.24, 2.45) is 0 Å². The molecule has 1 heterocycles. The van der Waals surface area contributed by atoms with E-state index >= 15 is 0 Å². The molecule has 76 valence electrons. The molecule has 2 rings (SSSR count). The fraction of sp³-hybridized carbons (Fsp3) is 0.636. The monoisotopic (exact) mass is 208 g/mol. The summed E-state index contributed by atoms with van der Waals surface area (Å²) in [6, 6.07) is 1.98. The predicted octanol–water partition coefficient (Wildman–Crippen LogP) is 3.14. The summed E-state index contributed by atoms with van der Waals surface area (Å²) in [5.74, 6) is 1.09. The molecule has 1 fully saturated rings. The SMILES string of the molecule is CCCc1cc(=S)nc(C2(C)CC2)[nH]1. The first-order chi connectivity index (χ1) is 6.64. The molecule has 0 radical (unpaired) electrons. The van der Waals surface area contributed by atoms with Gasteiger partial charge in [-0.05, 0) is 25.3 Å². The van der Waals surface area contributed by atoms with Crippen molar-refractivity contribution < 1.29 is 0 Å². The van der Waals surface area contributed by atoms with E-state index < -0.39 is 0 Å². The molecule has 0 spiro atoms. The van der Waals surface area contributed by atoms with Crippen molar-refractivity contribution in [2.45, 2.75) is 44.9 Å². The van der Waals surface area contributed by atoms with Crippen molar-refractivity contribution >= 4 is 12.2 Å². The van der Waals surface area contributed by atoms with Gasteiger partial charge in [-0.1, -0.05) is 32.5 Å². The van der Waals surface area contributed by atoms with Crippen molar-refractivity contribution in [3.63, 3.8) is 0 Å². The lowest BCUT2D eigenvalue weighted by atomic mass is 10.1. The van der Waals surface area contributed by atoms with Gasteiger partial charge in [0.05, 0.1) is 0 Å². The number of H-pyrrole nitrogens is 1. The average molecular weight is 208 g/mol. The molecule has 1 aromatic heterocycles. The van der Waals surface area contributed by atoms with Crippen LogP contribution in [0.1, 0.15) is 44.6 Å². The summed E-state index contributed by atoms with van der Waals surface area (Å²) >= 11 is 5.17. The van der Waals surface area contributed by atoms with Crippen LogP contribution in [0.4, 0.5) is 0 Å². The summed E-state index contributed by atoms with van der Waals surface area (Å²) in [4.78, 5) is 7.82. The molecule has 2 nitrogen and oxygen atoms in total. The van der Waals surface area contributed by atoms with Crippen LogP contribution in [-0.2, 0) is 11.8 Å². The Morgan fingerprint density at radius 1 is 1.57 bits per heavy atom. The molecule has 0 amide bonds. The van der Waals surface area contributed by atoms with Gasteiger partial charge in [-0.25, -0.2) is 4.98 Å². The van der Waals surface area contributed by atoms with Crippen molar-refractivity contribution in [1.82, 2.24) is 9.97 Å². The number of hydrogen-bond donors (Lipinski definition) is 1. The third-order valence-electron chi connectivity index (χ3n) is 2.89. The van der Waals surface area contributed by atoms with Gasteiger partial charge in [-0.3, -0.25) is 0 Å². The van der Waals surface area contributed by atoms with Crippen molar-refractivity contribution in [2.75, 3.05) is 0 Å². The normalized spacial score (nSPS) is 18.1. The Kier molecular flexibility index (Phi) is 2.43. The fourth-order valence-electron chi connectivity index (χ4n) is 1.62. The van der Waals surface area contributed by atoms with E-state index in [4.69, 9.17) is 12.2 Å². The molecule has 3 heteroatoms. The molecular weight excluding hydrogens is 192 g/mol. The smallest absolute Gasteiger partial charge is 0.130 e. The molecule has 0 aliphatic heterocycles. The third kappa shape index (κ3) is 1.87. The van der Waals surface area contributed by atoms with Gasteiger partial charge >= 0.3 is 0 Å². The first-order valence-electron chi connectivity index (χ1n) is 5.25. The molecule has 1 N–H and O–H groups in total. The second kappa shape index (κ2) is 3.46. The zero-order valence-electron chi connectivity index (χ0n) is 8.76. The van der Waals surface area contributed by atoms with E-state index in [1.807, 2.05) is 6.07 Å². The quantitative estimate of drug-likeness (QED) is 0.773. The summed E-state index contributed by atoms with van der Waals surface area (Å²) in [6.07, 6.45) is 4.68. The fourth-order valence-corrected chi connectivity index (χ4v) is 1.86. The Balaban J connectivity index is 2.37. The summed E-state index contributed by atoms with van der Waals surface area (Å²) in [7, 11) is 0. The lowest BCUT2D eigenvalue weighted by Gasteiger charge is -2.09. The number of nitrogens with one attached hydrogen (secondary N) is 1. The Hall–Kier alpha value is -0.700. The molecule has 0 aromatic carbocycles. The number of rotatable bonds is 3. The number of aromatic amines is 1. The van der Waals surface area contributed by atoms with Crippen LogP contribution in [0.5, 0.6) is 0 Å². The molecule has 14 heavy (non-hydrogen) atoms. The van der Waals surface area contributed by atoms with Gasteiger partial charge in [0.25, 0.3) is 0 Å². The Bertz CT molecular complexity index is 391. The zero-order chi connectivity index (χ0) is 10.2. The van der Waals surface area contributed by atoms with Crippen LogP contribution in [0.25, 0.3) is 0 Å². The van der Waals surface area contributed by atoms with Gasteiger partial charge in [0.15, 0.2) is 0 Å². The van der Waals surface area contributed by atoms with Crippen LogP contribution in [0.15, 0.2) is 6.07 Å². The highest BCUT2D eigenvalue weighted by molar-refractivity contribution is 7.71. The highest BCUT2D eigenvalue weighted by Gasteiger charge is 2.41. The maximum atomic E-state index is 5.17. The molecule has 0 bridgehead atoms. The maximum Gasteiger partial charge on any atom is 0.130 e. The Morgan fingerprint density at radius 3 is 2.86 bits per heavy atom. The van der Waals surface area contributed by atoms with Crippen molar-refractivity contribution in [3.05, 3.63) is 22.2 Å². The maximum absolute atomic E-state index is 5.17. The van der Waals surface area contributed by atoms with Gasteiger partial charge in [-0.15, -0.1) is 0 Å². The van der Waals surface area contributed by atoms with E-state index in [0.29, 0.717) is 0 Å². The Morgan fingerprint density at radius 2 is 2.29 bits per heavy atom. The second-order valence-electron chi connectivity index (χ2n) is 4.40. The van der Waals surface area contributed by atoms with E-state index in [1.165, 1.54) is 18.5 Å². The van der Waals surface area contributed by atoms with Gasteiger partial charge in [-0.2, -0.15) is 0 Å². The molecule has 0 atom stereocenters. The summed E-state index contributed by atoms with van der Waals surface area (Å²) < 4.78 is 0.732. The van der Waals surface area contributed by atoms with E-state index in [2.05, 4.69) is 23.8 Å². The number of aryl methyl sites for hydroxylation is 1. The summed E-state index contributed by atoms with van der Waals surface area (Å²) in [5, 5.41) is 0. The highest BCUT2D eigenvalue weighted by atomic mass is 32.1. The Labute approximate surface area is 89.8 Å².